The van der Waals surface area contributed by atoms with Crippen LogP contribution in [0.4, 0.5) is 0 Å². The molecule has 0 saturated carbocycles. The van der Waals surface area contributed by atoms with Gasteiger partial charge < -0.3 is 9.74 Å². The Morgan fingerprint density at radius 3 is 2.28 bits per heavy atom. The fourth-order valence-electron chi connectivity index (χ4n) is 3.15. The van der Waals surface area contributed by atoms with E-state index in [1.807, 2.05) is 77.7 Å². The summed E-state index contributed by atoms with van der Waals surface area (Å²) in [4.78, 5) is 21.7. The lowest BCUT2D eigenvalue weighted by molar-refractivity contribution is -0.137. The van der Waals surface area contributed by atoms with E-state index in [4.69, 9.17) is 4.84 Å². The quantitative estimate of drug-likeness (QED) is 0.467. The van der Waals surface area contributed by atoms with Gasteiger partial charge in [0.15, 0.2) is 6.61 Å². The molecule has 4 aromatic rings. The molecule has 29 heavy (non-hydrogen) atoms. The minimum atomic E-state index is -0.102. The minimum absolute atomic E-state index is 0.0932. The van der Waals surface area contributed by atoms with Gasteiger partial charge in [-0.25, -0.2) is 0 Å². The first kappa shape index (κ1) is 18.7. The summed E-state index contributed by atoms with van der Waals surface area (Å²) in [5.74, 6) is -0.0932. The van der Waals surface area contributed by atoms with Crippen LogP contribution in [0.3, 0.4) is 0 Å². The summed E-state index contributed by atoms with van der Waals surface area (Å²) in [5, 5.41) is 8.03. The van der Waals surface area contributed by atoms with E-state index in [9.17, 15) is 4.79 Å². The first-order valence-corrected chi connectivity index (χ1v) is 9.59. The Kier molecular flexibility index (Phi) is 5.81. The van der Waals surface area contributed by atoms with Crippen molar-refractivity contribution in [1.82, 2.24) is 20.1 Å². The standard InChI is InChI=1S/C23H22N4O2/c28-23(18-29-27-22-14-8-7-13-21(22)24-25-27)26(17-20-11-5-2-6-12-20)16-15-19-9-3-1-4-10-19/h1-14H,15-18H2. The fraction of sp³-hybridized carbons (Fsp3) is 0.174. The molecule has 0 aliphatic carbocycles. The third kappa shape index (κ3) is 4.79. The van der Waals surface area contributed by atoms with Crippen LogP contribution in [0.25, 0.3) is 11.0 Å². The molecule has 0 fully saturated rings. The number of benzene rings is 3. The average Bonchev–Trinajstić information content (AvgIpc) is 3.19. The smallest absolute Gasteiger partial charge is 0.263 e. The highest BCUT2D eigenvalue weighted by atomic mass is 16.7. The number of fused-ring (bicyclic) bond motifs is 1. The molecule has 0 saturated heterocycles. The zero-order valence-electron chi connectivity index (χ0n) is 16.0. The largest absolute Gasteiger partial charge is 0.385 e. The molecule has 6 nitrogen and oxygen atoms in total. The van der Waals surface area contributed by atoms with Crippen molar-refractivity contribution in [1.29, 1.82) is 0 Å². The van der Waals surface area contributed by atoms with Crippen molar-refractivity contribution < 1.29 is 9.63 Å². The molecule has 6 heteroatoms. The van der Waals surface area contributed by atoms with Gasteiger partial charge in [-0.2, -0.15) is 0 Å². The number of aromatic nitrogens is 3. The summed E-state index contributed by atoms with van der Waals surface area (Å²) in [7, 11) is 0. The molecule has 0 atom stereocenters. The van der Waals surface area contributed by atoms with Crippen molar-refractivity contribution in [2.45, 2.75) is 13.0 Å². The lowest BCUT2D eigenvalue weighted by atomic mass is 10.1. The van der Waals surface area contributed by atoms with Crippen LogP contribution in [0.2, 0.25) is 0 Å². The van der Waals surface area contributed by atoms with E-state index >= 15 is 0 Å². The molecule has 0 radical (unpaired) electrons. The SMILES string of the molecule is O=C(COn1nnc2ccccc21)N(CCc1ccccc1)Cc1ccccc1. The summed E-state index contributed by atoms with van der Waals surface area (Å²) in [5.41, 5.74) is 3.74. The van der Waals surface area contributed by atoms with Crippen molar-refractivity contribution in [2.75, 3.05) is 13.2 Å². The Bertz CT molecular complexity index is 1060. The second-order valence-corrected chi connectivity index (χ2v) is 6.76. The van der Waals surface area contributed by atoms with Crippen LogP contribution < -0.4 is 4.84 Å². The van der Waals surface area contributed by atoms with Gasteiger partial charge in [0, 0.05) is 13.1 Å². The Morgan fingerprint density at radius 1 is 0.862 bits per heavy atom. The lowest BCUT2D eigenvalue weighted by Crippen LogP contribution is -2.37. The van der Waals surface area contributed by atoms with Crippen molar-refractivity contribution in [3.63, 3.8) is 0 Å². The molecule has 0 bridgehead atoms. The van der Waals surface area contributed by atoms with Crippen molar-refractivity contribution >= 4 is 16.9 Å². The first-order chi connectivity index (χ1) is 14.3. The average molecular weight is 386 g/mol. The molecular weight excluding hydrogens is 364 g/mol. The summed E-state index contributed by atoms with van der Waals surface area (Å²) >= 11 is 0. The van der Waals surface area contributed by atoms with Crippen LogP contribution in [0.5, 0.6) is 0 Å². The van der Waals surface area contributed by atoms with Gasteiger partial charge in [0.25, 0.3) is 5.91 Å². The van der Waals surface area contributed by atoms with Crippen LogP contribution in [0.1, 0.15) is 11.1 Å². The summed E-state index contributed by atoms with van der Waals surface area (Å²) in [6.07, 6.45) is 0.783. The monoisotopic (exact) mass is 386 g/mol. The second kappa shape index (κ2) is 9.01. The lowest BCUT2D eigenvalue weighted by Gasteiger charge is -2.23. The van der Waals surface area contributed by atoms with E-state index in [0.29, 0.717) is 13.1 Å². The van der Waals surface area contributed by atoms with Crippen LogP contribution in [-0.4, -0.2) is 39.1 Å². The summed E-state index contributed by atoms with van der Waals surface area (Å²) < 4.78 is 0. The Labute approximate surface area is 169 Å². The van der Waals surface area contributed by atoms with E-state index in [1.165, 1.54) is 10.4 Å². The summed E-state index contributed by atoms with van der Waals surface area (Å²) in [6.45, 7) is 1.04. The fourth-order valence-corrected chi connectivity index (χ4v) is 3.15. The number of carbonyl (C=O) groups excluding carboxylic acids is 1. The van der Waals surface area contributed by atoms with E-state index in [-0.39, 0.29) is 12.5 Å². The minimum Gasteiger partial charge on any atom is -0.385 e. The van der Waals surface area contributed by atoms with Crippen LogP contribution in [-0.2, 0) is 17.8 Å². The number of carbonyl (C=O) groups is 1. The number of amides is 1. The molecular formula is C23H22N4O2. The highest BCUT2D eigenvalue weighted by molar-refractivity contribution is 5.78. The third-order valence-electron chi connectivity index (χ3n) is 4.71. The Balaban J connectivity index is 1.44. The van der Waals surface area contributed by atoms with E-state index < -0.39 is 0 Å². The van der Waals surface area contributed by atoms with Gasteiger partial charge in [0.1, 0.15) is 11.0 Å². The van der Waals surface area contributed by atoms with Gasteiger partial charge in [-0.05, 0) is 34.9 Å². The van der Waals surface area contributed by atoms with Gasteiger partial charge in [-0.1, -0.05) is 77.6 Å². The third-order valence-corrected chi connectivity index (χ3v) is 4.71. The highest BCUT2D eigenvalue weighted by Crippen LogP contribution is 2.10. The Hall–Kier alpha value is -3.67. The van der Waals surface area contributed by atoms with E-state index in [0.717, 1.165) is 23.0 Å². The van der Waals surface area contributed by atoms with E-state index in [2.05, 4.69) is 22.4 Å². The maximum atomic E-state index is 12.9. The predicted molar refractivity (Wildman–Crippen MR) is 111 cm³/mol. The van der Waals surface area contributed by atoms with Crippen LogP contribution in [0.15, 0.2) is 84.9 Å². The van der Waals surface area contributed by atoms with Gasteiger partial charge in [0.2, 0.25) is 0 Å². The molecule has 146 valence electrons. The second-order valence-electron chi connectivity index (χ2n) is 6.76. The van der Waals surface area contributed by atoms with Crippen LogP contribution >= 0.6 is 0 Å². The zero-order chi connectivity index (χ0) is 19.9. The topological polar surface area (TPSA) is 60.3 Å². The molecule has 3 aromatic carbocycles. The molecule has 1 aromatic heterocycles. The molecule has 4 rings (SSSR count). The van der Waals surface area contributed by atoms with Gasteiger partial charge in [-0.3, -0.25) is 4.79 Å². The molecule has 0 unspecified atom stereocenters. The highest BCUT2D eigenvalue weighted by Gasteiger charge is 2.16. The number of rotatable bonds is 8. The molecule has 0 aliphatic heterocycles. The van der Waals surface area contributed by atoms with Crippen molar-refractivity contribution in [3.8, 4) is 0 Å². The van der Waals surface area contributed by atoms with Gasteiger partial charge >= 0.3 is 0 Å². The van der Waals surface area contributed by atoms with Gasteiger partial charge in [0.05, 0.1) is 0 Å². The number of hydrogen-bond acceptors (Lipinski definition) is 4. The molecule has 0 aliphatic rings. The van der Waals surface area contributed by atoms with Crippen LogP contribution in [0, 0.1) is 0 Å². The number of para-hydroxylation sites is 1. The first-order valence-electron chi connectivity index (χ1n) is 9.59. The maximum absolute atomic E-state index is 12.9. The Morgan fingerprint density at radius 2 is 1.52 bits per heavy atom. The predicted octanol–water partition coefficient (Wildman–Crippen LogP) is 3.13. The molecule has 0 N–H and O–H groups in total. The normalized spacial score (nSPS) is 10.8. The maximum Gasteiger partial charge on any atom is 0.263 e. The zero-order valence-corrected chi connectivity index (χ0v) is 16.0. The van der Waals surface area contributed by atoms with Crippen molar-refractivity contribution in [2.24, 2.45) is 0 Å². The molecule has 1 amide bonds. The van der Waals surface area contributed by atoms with Gasteiger partial charge in [-0.15, -0.1) is 5.10 Å². The van der Waals surface area contributed by atoms with Crippen molar-refractivity contribution in [3.05, 3.63) is 96.1 Å². The molecule has 1 heterocycles. The molecule has 0 spiro atoms. The number of nitrogens with zero attached hydrogens (tertiary/aromatic N) is 4. The number of hydrogen-bond donors (Lipinski definition) is 0. The van der Waals surface area contributed by atoms with E-state index in [1.54, 1.807) is 0 Å². The summed E-state index contributed by atoms with van der Waals surface area (Å²) in [6, 6.07) is 27.6.